The Morgan fingerprint density at radius 2 is 2.12 bits per heavy atom. The van der Waals surface area contributed by atoms with E-state index in [1.165, 1.54) is 14.2 Å². The molecule has 0 spiro atoms. The Hall–Kier alpha value is -1.75. The van der Waals surface area contributed by atoms with E-state index in [9.17, 15) is 4.79 Å². The van der Waals surface area contributed by atoms with E-state index in [1.54, 1.807) is 18.2 Å². The Balaban J connectivity index is 3.25. The molecule has 5 heteroatoms. The van der Waals surface area contributed by atoms with Gasteiger partial charge in [0.25, 0.3) is 0 Å². The van der Waals surface area contributed by atoms with Crippen LogP contribution in [0.15, 0.2) is 18.2 Å². The van der Waals surface area contributed by atoms with E-state index in [4.69, 9.17) is 20.3 Å². The smallest absolute Gasteiger partial charge is 0.312 e. The summed E-state index contributed by atoms with van der Waals surface area (Å²) in [6.45, 7) is 0.0128. The molecular weight excluding hydrogens is 210 g/mol. The second-order valence-electron chi connectivity index (χ2n) is 3.21. The Labute approximate surface area is 93.8 Å². The lowest BCUT2D eigenvalue weighted by Crippen LogP contribution is -2.21. The van der Waals surface area contributed by atoms with Crippen LogP contribution in [-0.4, -0.2) is 31.8 Å². The van der Waals surface area contributed by atoms with Crippen molar-refractivity contribution in [1.82, 2.24) is 0 Å². The minimum atomic E-state index is -0.978. The predicted molar refractivity (Wildman–Crippen MR) is 59.0 cm³/mol. The van der Waals surface area contributed by atoms with Crippen LogP contribution in [0.5, 0.6) is 11.5 Å². The molecule has 0 aliphatic rings. The summed E-state index contributed by atoms with van der Waals surface area (Å²) in [7, 11) is 2.97. The highest BCUT2D eigenvalue weighted by Crippen LogP contribution is 2.35. The summed E-state index contributed by atoms with van der Waals surface area (Å²) in [6.07, 6.45) is 0. The summed E-state index contributed by atoms with van der Waals surface area (Å²) in [4.78, 5) is 11.0. The summed E-state index contributed by atoms with van der Waals surface area (Å²) in [5, 5.41) is 9.03. The SMILES string of the molecule is COc1cccc(C(CN)C(=O)O)c1OC. The number of carbonyl (C=O) groups is 1. The van der Waals surface area contributed by atoms with Crippen molar-refractivity contribution in [3.05, 3.63) is 23.8 Å². The van der Waals surface area contributed by atoms with Crippen molar-refractivity contribution in [3.8, 4) is 11.5 Å². The molecule has 1 aromatic carbocycles. The topological polar surface area (TPSA) is 81.8 Å². The molecule has 1 unspecified atom stereocenters. The Morgan fingerprint density at radius 3 is 2.56 bits per heavy atom. The van der Waals surface area contributed by atoms with Crippen molar-refractivity contribution < 1.29 is 19.4 Å². The lowest BCUT2D eigenvalue weighted by molar-refractivity contribution is -0.138. The maximum atomic E-state index is 11.0. The molecule has 0 saturated carbocycles. The highest BCUT2D eigenvalue weighted by molar-refractivity contribution is 5.78. The molecule has 1 aromatic rings. The maximum absolute atomic E-state index is 11.0. The molecule has 0 heterocycles. The fourth-order valence-corrected chi connectivity index (χ4v) is 1.55. The van der Waals surface area contributed by atoms with Crippen molar-refractivity contribution in [2.75, 3.05) is 20.8 Å². The van der Waals surface area contributed by atoms with Gasteiger partial charge in [-0.25, -0.2) is 0 Å². The van der Waals surface area contributed by atoms with Crippen LogP contribution in [0.3, 0.4) is 0 Å². The van der Waals surface area contributed by atoms with Crippen molar-refractivity contribution in [2.45, 2.75) is 5.92 Å². The Kier molecular flexibility index (Phi) is 4.13. The van der Waals surface area contributed by atoms with E-state index < -0.39 is 11.9 Å². The summed E-state index contributed by atoms with van der Waals surface area (Å²) in [5.41, 5.74) is 5.97. The van der Waals surface area contributed by atoms with Gasteiger partial charge >= 0.3 is 5.97 Å². The van der Waals surface area contributed by atoms with E-state index in [1.807, 2.05) is 0 Å². The molecule has 1 atom stereocenters. The summed E-state index contributed by atoms with van der Waals surface area (Å²) < 4.78 is 10.2. The average molecular weight is 225 g/mol. The largest absolute Gasteiger partial charge is 0.493 e. The van der Waals surface area contributed by atoms with E-state index in [0.717, 1.165) is 0 Å². The third kappa shape index (κ3) is 2.25. The van der Waals surface area contributed by atoms with Crippen LogP contribution in [0, 0.1) is 0 Å². The first-order valence-corrected chi connectivity index (χ1v) is 4.79. The van der Waals surface area contributed by atoms with E-state index in [2.05, 4.69) is 0 Å². The zero-order valence-electron chi connectivity index (χ0n) is 9.27. The molecule has 0 aliphatic carbocycles. The Bertz CT molecular complexity index is 378. The lowest BCUT2D eigenvalue weighted by atomic mass is 9.98. The molecule has 1 rings (SSSR count). The molecule has 5 nitrogen and oxygen atoms in total. The van der Waals surface area contributed by atoms with Crippen LogP contribution in [0.2, 0.25) is 0 Å². The molecule has 88 valence electrons. The zero-order valence-corrected chi connectivity index (χ0v) is 9.27. The van der Waals surface area contributed by atoms with Gasteiger partial charge in [0.1, 0.15) is 0 Å². The minimum Gasteiger partial charge on any atom is -0.493 e. The van der Waals surface area contributed by atoms with Gasteiger partial charge < -0.3 is 20.3 Å². The van der Waals surface area contributed by atoms with Gasteiger partial charge in [0.15, 0.2) is 11.5 Å². The first-order chi connectivity index (χ1) is 7.65. The molecule has 0 aliphatic heterocycles. The highest BCUT2D eigenvalue weighted by atomic mass is 16.5. The molecular formula is C11H15NO4. The van der Waals surface area contributed by atoms with Gasteiger partial charge in [0.05, 0.1) is 20.1 Å². The zero-order chi connectivity index (χ0) is 12.1. The monoisotopic (exact) mass is 225 g/mol. The number of hydrogen-bond donors (Lipinski definition) is 2. The second kappa shape index (κ2) is 5.37. The molecule has 16 heavy (non-hydrogen) atoms. The lowest BCUT2D eigenvalue weighted by Gasteiger charge is -2.16. The van der Waals surface area contributed by atoms with Crippen molar-refractivity contribution in [1.29, 1.82) is 0 Å². The van der Waals surface area contributed by atoms with Gasteiger partial charge in [-0.3, -0.25) is 4.79 Å². The fourth-order valence-electron chi connectivity index (χ4n) is 1.55. The Morgan fingerprint density at radius 1 is 1.44 bits per heavy atom. The average Bonchev–Trinajstić information content (AvgIpc) is 2.29. The van der Waals surface area contributed by atoms with Crippen LogP contribution >= 0.6 is 0 Å². The van der Waals surface area contributed by atoms with Crippen molar-refractivity contribution in [3.63, 3.8) is 0 Å². The molecule has 0 bridgehead atoms. The standard InChI is InChI=1S/C11H15NO4/c1-15-9-5-3-4-7(10(9)16-2)8(6-12)11(13)14/h3-5,8H,6,12H2,1-2H3,(H,13,14). The van der Waals surface area contributed by atoms with Gasteiger partial charge in [-0.15, -0.1) is 0 Å². The molecule has 0 fully saturated rings. The third-order valence-electron chi connectivity index (χ3n) is 2.34. The van der Waals surface area contributed by atoms with Crippen LogP contribution < -0.4 is 15.2 Å². The second-order valence-corrected chi connectivity index (χ2v) is 3.21. The number of rotatable bonds is 5. The molecule has 0 aromatic heterocycles. The van der Waals surface area contributed by atoms with Gasteiger partial charge in [-0.2, -0.15) is 0 Å². The van der Waals surface area contributed by atoms with Crippen LogP contribution in [0.25, 0.3) is 0 Å². The van der Waals surface area contributed by atoms with Gasteiger partial charge in [-0.05, 0) is 6.07 Å². The van der Waals surface area contributed by atoms with Crippen LogP contribution in [0.4, 0.5) is 0 Å². The number of aliphatic carboxylic acids is 1. The van der Waals surface area contributed by atoms with Gasteiger partial charge in [0, 0.05) is 12.1 Å². The highest BCUT2D eigenvalue weighted by Gasteiger charge is 2.23. The van der Waals surface area contributed by atoms with Crippen LogP contribution in [-0.2, 0) is 4.79 Å². The number of ether oxygens (including phenoxy) is 2. The number of carboxylic acids is 1. The van der Waals surface area contributed by atoms with Crippen molar-refractivity contribution >= 4 is 5.97 Å². The summed E-state index contributed by atoms with van der Waals surface area (Å²) >= 11 is 0. The third-order valence-corrected chi connectivity index (χ3v) is 2.34. The van der Waals surface area contributed by atoms with E-state index in [0.29, 0.717) is 17.1 Å². The molecule has 0 amide bonds. The number of hydrogen-bond acceptors (Lipinski definition) is 4. The van der Waals surface area contributed by atoms with E-state index >= 15 is 0 Å². The quantitative estimate of drug-likeness (QED) is 0.775. The number of para-hydroxylation sites is 1. The van der Waals surface area contributed by atoms with Crippen molar-refractivity contribution in [2.24, 2.45) is 5.73 Å². The maximum Gasteiger partial charge on any atom is 0.312 e. The van der Waals surface area contributed by atoms with Gasteiger partial charge in [-0.1, -0.05) is 12.1 Å². The number of carboxylic acid groups (broad SMARTS) is 1. The van der Waals surface area contributed by atoms with Crippen LogP contribution in [0.1, 0.15) is 11.5 Å². The number of nitrogens with two attached hydrogens (primary N) is 1. The summed E-state index contributed by atoms with van der Waals surface area (Å²) in [6, 6.07) is 5.09. The fraction of sp³-hybridized carbons (Fsp3) is 0.364. The number of benzene rings is 1. The minimum absolute atomic E-state index is 0.0128. The predicted octanol–water partition coefficient (Wildman–Crippen LogP) is 0.831. The normalized spacial score (nSPS) is 11.9. The summed E-state index contributed by atoms with van der Waals surface area (Å²) in [5.74, 6) is -0.846. The van der Waals surface area contributed by atoms with E-state index in [-0.39, 0.29) is 6.54 Å². The molecule has 0 saturated heterocycles. The first kappa shape index (κ1) is 12.3. The van der Waals surface area contributed by atoms with Gasteiger partial charge in [0.2, 0.25) is 0 Å². The molecule has 3 N–H and O–H groups in total. The number of methoxy groups -OCH3 is 2. The first-order valence-electron chi connectivity index (χ1n) is 4.79. The molecule has 0 radical (unpaired) electrons.